The summed E-state index contributed by atoms with van der Waals surface area (Å²) in [5, 5.41) is 8.91. The molecule has 0 bridgehead atoms. The van der Waals surface area contributed by atoms with Crippen molar-refractivity contribution in [2.24, 2.45) is 0 Å². The fourth-order valence-electron chi connectivity index (χ4n) is 2.25. The molecule has 1 aliphatic carbocycles. The second kappa shape index (κ2) is 5.88. The summed E-state index contributed by atoms with van der Waals surface area (Å²) in [6.45, 7) is 0. The van der Waals surface area contributed by atoms with Gasteiger partial charge in [0.15, 0.2) is 5.69 Å². The van der Waals surface area contributed by atoms with E-state index in [1.54, 1.807) is 7.11 Å². The van der Waals surface area contributed by atoms with Gasteiger partial charge in [-0.3, -0.25) is 0 Å². The van der Waals surface area contributed by atoms with E-state index in [-0.39, 0.29) is 23.8 Å². The van der Waals surface area contributed by atoms with Gasteiger partial charge in [-0.2, -0.15) is 0 Å². The number of hydrogen-bond donors (Lipinski definition) is 2. The van der Waals surface area contributed by atoms with Gasteiger partial charge in [0.1, 0.15) is 6.10 Å². The molecule has 1 aliphatic rings. The van der Waals surface area contributed by atoms with Crippen LogP contribution in [0.25, 0.3) is 0 Å². The first-order valence-electron chi connectivity index (χ1n) is 6.29. The summed E-state index contributed by atoms with van der Waals surface area (Å²) in [6, 6.07) is 2.87. The van der Waals surface area contributed by atoms with Gasteiger partial charge in [0.05, 0.1) is 11.8 Å². The number of carboxylic acid groups (broad SMARTS) is 1. The minimum Gasteiger partial charge on any atom is -0.477 e. The molecule has 2 atom stereocenters. The molecule has 2 rings (SSSR count). The molecule has 19 heavy (non-hydrogen) atoms. The van der Waals surface area contributed by atoms with Gasteiger partial charge in [-0.15, -0.1) is 0 Å². The number of nitrogens with two attached hydrogens (primary N) is 1. The number of methoxy groups -OCH3 is 1. The molecule has 1 heterocycles. The molecule has 0 aliphatic heterocycles. The minimum absolute atomic E-state index is 0.0301. The number of aromatic carboxylic acids is 1. The lowest BCUT2D eigenvalue weighted by atomic mass is 9.95. The Morgan fingerprint density at radius 1 is 1.42 bits per heavy atom. The Morgan fingerprint density at radius 2 is 2.16 bits per heavy atom. The first kappa shape index (κ1) is 13.6. The summed E-state index contributed by atoms with van der Waals surface area (Å²) in [5.41, 5.74) is 6.05. The molecule has 0 radical (unpaired) electrons. The number of rotatable bonds is 4. The lowest BCUT2D eigenvalue weighted by Crippen LogP contribution is -2.30. The van der Waals surface area contributed by atoms with Crippen molar-refractivity contribution in [1.29, 1.82) is 0 Å². The topological polar surface area (TPSA) is 94.7 Å². The molecule has 0 spiro atoms. The van der Waals surface area contributed by atoms with Crippen molar-refractivity contribution in [3.8, 4) is 5.88 Å². The van der Waals surface area contributed by atoms with Crippen LogP contribution in [-0.2, 0) is 4.74 Å². The fourth-order valence-corrected chi connectivity index (χ4v) is 2.25. The van der Waals surface area contributed by atoms with E-state index in [0.29, 0.717) is 5.69 Å². The highest BCUT2D eigenvalue weighted by atomic mass is 16.5. The first-order chi connectivity index (χ1) is 9.10. The summed E-state index contributed by atoms with van der Waals surface area (Å²) < 4.78 is 11.1. The van der Waals surface area contributed by atoms with Crippen LogP contribution >= 0.6 is 0 Å². The SMILES string of the molecule is COC1CCCC(Oc2nc(C(=O)O)ccc2N)C1. The monoisotopic (exact) mass is 266 g/mol. The molecular formula is C13H18N2O4. The standard InChI is InChI=1S/C13H18N2O4/c1-18-8-3-2-4-9(7-8)19-12-10(14)5-6-11(15-12)13(16)17/h5-6,8-9H,2-4,7,14H2,1H3,(H,16,17). The number of hydrogen-bond acceptors (Lipinski definition) is 5. The Morgan fingerprint density at radius 3 is 2.84 bits per heavy atom. The molecule has 2 unspecified atom stereocenters. The molecule has 0 saturated heterocycles. The number of nitrogen functional groups attached to an aromatic ring is 1. The number of nitrogens with zero attached hydrogens (tertiary/aromatic N) is 1. The molecule has 0 amide bonds. The van der Waals surface area contributed by atoms with Crippen molar-refractivity contribution in [2.45, 2.75) is 37.9 Å². The maximum absolute atomic E-state index is 10.9. The molecule has 3 N–H and O–H groups in total. The summed E-state index contributed by atoms with van der Waals surface area (Å²) in [5.74, 6) is -0.898. The largest absolute Gasteiger partial charge is 0.477 e. The normalized spacial score (nSPS) is 23.0. The van der Waals surface area contributed by atoms with E-state index in [2.05, 4.69) is 4.98 Å². The summed E-state index contributed by atoms with van der Waals surface area (Å²) in [4.78, 5) is 14.8. The third kappa shape index (κ3) is 3.35. The second-order valence-electron chi connectivity index (χ2n) is 4.66. The molecule has 1 saturated carbocycles. The zero-order valence-corrected chi connectivity index (χ0v) is 10.8. The van der Waals surface area contributed by atoms with E-state index in [1.165, 1.54) is 12.1 Å². The second-order valence-corrected chi connectivity index (χ2v) is 4.66. The lowest BCUT2D eigenvalue weighted by molar-refractivity contribution is 0.0196. The van der Waals surface area contributed by atoms with Crippen LogP contribution in [0.15, 0.2) is 12.1 Å². The Bertz CT molecular complexity index is 464. The van der Waals surface area contributed by atoms with E-state index >= 15 is 0 Å². The number of aromatic nitrogens is 1. The van der Waals surface area contributed by atoms with E-state index in [0.717, 1.165) is 25.7 Å². The van der Waals surface area contributed by atoms with Crippen LogP contribution in [0.1, 0.15) is 36.2 Å². The van der Waals surface area contributed by atoms with E-state index < -0.39 is 5.97 Å². The molecule has 1 fully saturated rings. The summed E-state index contributed by atoms with van der Waals surface area (Å²) in [6.07, 6.45) is 3.86. The smallest absolute Gasteiger partial charge is 0.354 e. The van der Waals surface area contributed by atoms with Gasteiger partial charge in [0, 0.05) is 13.5 Å². The van der Waals surface area contributed by atoms with Gasteiger partial charge in [0.2, 0.25) is 5.88 Å². The molecule has 0 aromatic carbocycles. The Hall–Kier alpha value is -1.82. The Kier molecular flexibility index (Phi) is 4.21. The number of ether oxygens (including phenoxy) is 2. The third-order valence-corrected chi connectivity index (χ3v) is 3.30. The van der Waals surface area contributed by atoms with Crippen LogP contribution in [0.2, 0.25) is 0 Å². The van der Waals surface area contributed by atoms with Crippen LogP contribution in [0.5, 0.6) is 5.88 Å². The predicted molar refractivity (Wildman–Crippen MR) is 69.3 cm³/mol. The zero-order chi connectivity index (χ0) is 13.8. The maximum Gasteiger partial charge on any atom is 0.354 e. The van der Waals surface area contributed by atoms with E-state index in [9.17, 15) is 4.79 Å². The van der Waals surface area contributed by atoms with Crippen LogP contribution < -0.4 is 10.5 Å². The average molecular weight is 266 g/mol. The first-order valence-corrected chi connectivity index (χ1v) is 6.29. The molecule has 1 aromatic rings. The van der Waals surface area contributed by atoms with Crippen molar-refractivity contribution < 1.29 is 19.4 Å². The quantitative estimate of drug-likeness (QED) is 0.861. The number of carboxylic acids is 1. The highest BCUT2D eigenvalue weighted by Crippen LogP contribution is 2.27. The number of pyridine rings is 1. The Balaban J connectivity index is 2.09. The van der Waals surface area contributed by atoms with Gasteiger partial charge in [0.25, 0.3) is 0 Å². The molecule has 6 heteroatoms. The maximum atomic E-state index is 10.9. The minimum atomic E-state index is -1.09. The molecule has 1 aromatic heterocycles. The number of carbonyl (C=O) groups is 1. The van der Waals surface area contributed by atoms with Crippen LogP contribution in [0, 0.1) is 0 Å². The lowest BCUT2D eigenvalue weighted by Gasteiger charge is -2.28. The molecule has 104 valence electrons. The van der Waals surface area contributed by atoms with Crippen molar-refractivity contribution in [2.75, 3.05) is 12.8 Å². The summed E-state index contributed by atoms with van der Waals surface area (Å²) in [7, 11) is 1.69. The van der Waals surface area contributed by atoms with Gasteiger partial charge in [-0.25, -0.2) is 9.78 Å². The van der Waals surface area contributed by atoms with E-state index in [4.69, 9.17) is 20.3 Å². The van der Waals surface area contributed by atoms with Crippen LogP contribution in [0.3, 0.4) is 0 Å². The highest BCUT2D eigenvalue weighted by Gasteiger charge is 2.24. The van der Waals surface area contributed by atoms with Crippen molar-refractivity contribution in [1.82, 2.24) is 4.98 Å². The summed E-state index contributed by atoms with van der Waals surface area (Å²) >= 11 is 0. The average Bonchev–Trinajstić information content (AvgIpc) is 2.41. The van der Waals surface area contributed by atoms with Gasteiger partial charge in [-0.05, 0) is 31.4 Å². The zero-order valence-electron chi connectivity index (χ0n) is 10.8. The van der Waals surface area contributed by atoms with Crippen molar-refractivity contribution in [3.63, 3.8) is 0 Å². The van der Waals surface area contributed by atoms with E-state index in [1.807, 2.05) is 0 Å². The van der Waals surface area contributed by atoms with Gasteiger partial charge >= 0.3 is 5.97 Å². The highest BCUT2D eigenvalue weighted by molar-refractivity contribution is 5.86. The predicted octanol–water partition coefficient (Wildman–Crippen LogP) is 1.70. The Labute approximate surface area is 111 Å². The van der Waals surface area contributed by atoms with Gasteiger partial charge < -0.3 is 20.3 Å². The van der Waals surface area contributed by atoms with Crippen molar-refractivity contribution in [3.05, 3.63) is 17.8 Å². The molecular weight excluding hydrogens is 248 g/mol. The number of anilines is 1. The third-order valence-electron chi connectivity index (χ3n) is 3.30. The van der Waals surface area contributed by atoms with Crippen molar-refractivity contribution >= 4 is 11.7 Å². The fraction of sp³-hybridized carbons (Fsp3) is 0.538. The molecule has 6 nitrogen and oxygen atoms in total. The van der Waals surface area contributed by atoms with Crippen LogP contribution in [-0.4, -0.2) is 35.4 Å². The van der Waals surface area contributed by atoms with Crippen LogP contribution in [0.4, 0.5) is 5.69 Å². The van der Waals surface area contributed by atoms with Gasteiger partial charge in [-0.1, -0.05) is 0 Å².